The van der Waals surface area contributed by atoms with Crippen LogP contribution in [0.15, 0.2) is 24.3 Å². The maximum Gasteiger partial charge on any atom is 0.0602 e. The molecule has 0 radical (unpaired) electrons. The number of nitrogens with one attached hydrogen (secondary N) is 1. The number of nitrogens with zero attached hydrogens (tertiary/aromatic N) is 1. The SMILES string of the molecule is CC(C)(CN)CN1CCNc2ccccc21. The van der Waals surface area contributed by atoms with Crippen LogP contribution in [0.25, 0.3) is 0 Å². The van der Waals surface area contributed by atoms with Gasteiger partial charge in [0, 0.05) is 19.6 Å². The van der Waals surface area contributed by atoms with Crippen LogP contribution in [0, 0.1) is 5.41 Å². The van der Waals surface area contributed by atoms with Crippen LogP contribution < -0.4 is 16.0 Å². The van der Waals surface area contributed by atoms with Gasteiger partial charge in [0.1, 0.15) is 0 Å². The molecule has 2 rings (SSSR count). The van der Waals surface area contributed by atoms with Crippen molar-refractivity contribution in [1.82, 2.24) is 0 Å². The highest BCUT2D eigenvalue weighted by atomic mass is 15.2. The van der Waals surface area contributed by atoms with E-state index in [2.05, 4.69) is 48.3 Å². The number of hydrogen-bond acceptors (Lipinski definition) is 3. The van der Waals surface area contributed by atoms with Crippen molar-refractivity contribution >= 4 is 11.4 Å². The Morgan fingerprint density at radius 1 is 1.38 bits per heavy atom. The summed E-state index contributed by atoms with van der Waals surface area (Å²) < 4.78 is 0. The lowest BCUT2D eigenvalue weighted by Crippen LogP contribution is -2.43. The number of nitrogens with two attached hydrogens (primary N) is 1. The lowest BCUT2D eigenvalue weighted by Gasteiger charge is -2.37. The first kappa shape index (κ1) is 11.3. The molecule has 0 fully saturated rings. The third-order valence-electron chi connectivity index (χ3n) is 3.11. The zero-order chi connectivity index (χ0) is 11.6. The fourth-order valence-corrected chi connectivity index (χ4v) is 2.09. The van der Waals surface area contributed by atoms with Crippen molar-refractivity contribution in [1.29, 1.82) is 0 Å². The topological polar surface area (TPSA) is 41.3 Å². The minimum absolute atomic E-state index is 0.171. The van der Waals surface area contributed by atoms with Gasteiger partial charge in [0.15, 0.2) is 0 Å². The van der Waals surface area contributed by atoms with E-state index in [1.165, 1.54) is 11.4 Å². The molecule has 0 atom stereocenters. The molecule has 1 heterocycles. The van der Waals surface area contributed by atoms with Gasteiger partial charge >= 0.3 is 0 Å². The van der Waals surface area contributed by atoms with Crippen molar-refractivity contribution in [3.05, 3.63) is 24.3 Å². The molecule has 0 unspecified atom stereocenters. The smallest absolute Gasteiger partial charge is 0.0602 e. The Bertz CT molecular complexity index is 360. The minimum Gasteiger partial charge on any atom is -0.382 e. The second-order valence-electron chi connectivity index (χ2n) is 5.23. The third-order valence-corrected chi connectivity index (χ3v) is 3.11. The van der Waals surface area contributed by atoms with Crippen LogP contribution in [0.2, 0.25) is 0 Å². The fraction of sp³-hybridized carbons (Fsp3) is 0.538. The molecule has 1 aromatic carbocycles. The van der Waals surface area contributed by atoms with E-state index >= 15 is 0 Å². The van der Waals surface area contributed by atoms with Gasteiger partial charge < -0.3 is 16.0 Å². The number of anilines is 2. The van der Waals surface area contributed by atoms with Gasteiger partial charge in [-0.3, -0.25) is 0 Å². The first-order chi connectivity index (χ1) is 7.62. The quantitative estimate of drug-likeness (QED) is 0.816. The molecule has 1 aliphatic rings. The molecule has 0 bridgehead atoms. The van der Waals surface area contributed by atoms with Gasteiger partial charge in [0.05, 0.1) is 11.4 Å². The Hall–Kier alpha value is -1.22. The van der Waals surface area contributed by atoms with Crippen molar-refractivity contribution in [2.75, 3.05) is 36.4 Å². The van der Waals surface area contributed by atoms with Crippen LogP contribution >= 0.6 is 0 Å². The number of fused-ring (bicyclic) bond motifs is 1. The molecule has 3 nitrogen and oxygen atoms in total. The van der Waals surface area contributed by atoms with Crippen LogP contribution in [-0.2, 0) is 0 Å². The van der Waals surface area contributed by atoms with Crippen LogP contribution in [0.1, 0.15) is 13.8 Å². The highest BCUT2D eigenvalue weighted by Crippen LogP contribution is 2.30. The average molecular weight is 219 g/mol. The van der Waals surface area contributed by atoms with E-state index in [1.54, 1.807) is 0 Å². The highest BCUT2D eigenvalue weighted by molar-refractivity contribution is 5.71. The summed E-state index contributed by atoms with van der Waals surface area (Å²) in [7, 11) is 0. The molecular weight excluding hydrogens is 198 g/mol. The summed E-state index contributed by atoms with van der Waals surface area (Å²) in [5.41, 5.74) is 8.51. The van der Waals surface area contributed by atoms with Crippen molar-refractivity contribution in [2.45, 2.75) is 13.8 Å². The van der Waals surface area contributed by atoms with Gasteiger partial charge in [0.2, 0.25) is 0 Å². The van der Waals surface area contributed by atoms with Gasteiger partial charge in [-0.2, -0.15) is 0 Å². The summed E-state index contributed by atoms with van der Waals surface area (Å²) in [5, 5.41) is 3.42. The number of hydrogen-bond donors (Lipinski definition) is 2. The van der Waals surface area contributed by atoms with Crippen molar-refractivity contribution in [3.8, 4) is 0 Å². The highest BCUT2D eigenvalue weighted by Gasteiger charge is 2.23. The third kappa shape index (κ3) is 2.30. The normalized spacial score (nSPS) is 15.6. The molecule has 0 aromatic heterocycles. The molecule has 0 saturated heterocycles. The maximum atomic E-state index is 5.80. The maximum absolute atomic E-state index is 5.80. The fourth-order valence-electron chi connectivity index (χ4n) is 2.09. The molecular formula is C13H21N3. The van der Waals surface area contributed by atoms with E-state index in [1.807, 2.05) is 0 Å². The molecule has 88 valence electrons. The Labute approximate surface area is 97.6 Å². The van der Waals surface area contributed by atoms with E-state index < -0.39 is 0 Å². The van der Waals surface area contributed by atoms with Gasteiger partial charge in [0.25, 0.3) is 0 Å². The molecule has 0 aliphatic carbocycles. The van der Waals surface area contributed by atoms with Crippen molar-refractivity contribution in [2.24, 2.45) is 11.1 Å². The second kappa shape index (κ2) is 4.34. The average Bonchev–Trinajstić information content (AvgIpc) is 2.29. The lowest BCUT2D eigenvalue weighted by atomic mass is 9.92. The van der Waals surface area contributed by atoms with Crippen LogP contribution in [0.5, 0.6) is 0 Å². The summed E-state index contributed by atoms with van der Waals surface area (Å²) >= 11 is 0. The van der Waals surface area contributed by atoms with Crippen LogP contribution in [0.3, 0.4) is 0 Å². The lowest BCUT2D eigenvalue weighted by molar-refractivity contribution is 0.378. The zero-order valence-corrected chi connectivity index (χ0v) is 10.2. The van der Waals surface area contributed by atoms with Crippen molar-refractivity contribution in [3.63, 3.8) is 0 Å². The summed E-state index contributed by atoms with van der Waals surface area (Å²) in [6.45, 7) is 8.24. The van der Waals surface area contributed by atoms with Gasteiger partial charge in [-0.25, -0.2) is 0 Å². The first-order valence-corrected chi connectivity index (χ1v) is 5.90. The van der Waals surface area contributed by atoms with Gasteiger partial charge in [-0.1, -0.05) is 26.0 Å². The summed E-state index contributed by atoms with van der Waals surface area (Å²) in [6, 6.07) is 8.47. The van der Waals surface area contributed by atoms with E-state index in [0.29, 0.717) is 0 Å². The van der Waals surface area contributed by atoms with Crippen LogP contribution in [-0.4, -0.2) is 26.2 Å². The standard InChI is InChI=1S/C13H21N3/c1-13(2,9-14)10-16-8-7-15-11-5-3-4-6-12(11)16/h3-6,15H,7-10,14H2,1-2H3. The van der Waals surface area contributed by atoms with E-state index in [-0.39, 0.29) is 5.41 Å². The summed E-state index contributed by atoms with van der Waals surface area (Å²) in [4.78, 5) is 2.43. The van der Waals surface area contributed by atoms with Crippen molar-refractivity contribution < 1.29 is 0 Å². The summed E-state index contributed by atoms with van der Waals surface area (Å²) in [5.74, 6) is 0. The molecule has 0 amide bonds. The Morgan fingerprint density at radius 2 is 2.12 bits per heavy atom. The van der Waals surface area contributed by atoms with E-state index in [4.69, 9.17) is 5.73 Å². The van der Waals surface area contributed by atoms with Gasteiger partial charge in [-0.05, 0) is 24.1 Å². The van der Waals surface area contributed by atoms with Gasteiger partial charge in [-0.15, -0.1) is 0 Å². The molecule has 1 aromatic rings. The molecule has 3 heteroatoms. The van der Waals surface area contributed by atoms with E-state index in [9.17, 15) is 0 Å². The van der Waals surface area contributed by atoms with Crippen LogP contribution in [0.4, 0.5) is 11.4 Å². The molecule has 0 spiro atoms. The Balaban J connectivity index is 2.19. The predicted octanol–water partition coefficient (Wildman–Crippen LogP) is 1.90. The monoisotopic (exact) mass is 219 g/mol. The number of benzene rings is 1. The molecule has 3 N–H and O–H groups in total. The zero-order valence-electron chi connectivity index (χ0n) is 10.2. The predicted molar refractivity (Wildman–Crippen MR) is 70.0 cm³/mol. The second-order valence-corrected chi connectivity index (χ2v) is 5.23. The molecule has 16 heavy (non-hydrogen) atoms. The largest absolute Gasteiger partial charge is 0.382 e. The Morgan fingerprint density at radius 3 is 2.88 bits per heavy atom. The Kier molecular flexibility index (Phi) is 3.06. The molecule has 1 aliphatic heterocycles. The first-order valence-electron chi connectivity index (χ1n) is 5.90. The minimum atomic E-state index is 0.171. The number of para-hydroxylation sites is 2. The molecule has 0 saturated carbocycles. The summed E-state index contributed by atoms with van der Waals surface area (Å²) in [6.07, 6.45) is 0. The van der Waals surface area contributed by atoms with E-state index in [0.717, 1.165) is 26.2 Å². The number of rotatable bonds is 3.